The van der Waals surface area contributed by atoms with Gasteiger partial charge in [0.15, 0.2) is 0 Å². The number of rotatable bonds is 5. The van der Waals surface area contributed by atoms with Gasteiger partial charge in [-0.25, -0.2) is 14.8 Å². The number of piperidine rings is 1. The summed E-state index contributed by atoms with van der Waals surface area (Å²) in [6.45, 7) is 12.2. The molecule has 186 valence electrons. The van der Waals surface area contributed by atoms with E-state index in [0.717, 1.165) is 29.5 Å². The van der Waals surface area contributed by atoms with Gasteiger partial charge < -0.3 is 14.5 Å². The van der Waals surface area contributed by atoms with E-state index in [4.69, 9.17) is 10.00 Å². The second-order valence-corrected chi connectivity index (χ2v) is 10.1. The summed E-state index contributed by atoms with van der Waals surface area (Å²) in [5, 5.41) is 8.83. The number of amidine groups is 1. The fourth-order valence-electron chi connectivity index (χ4n) is 4.12. The van der Waals surface area contributed by atoms with E-state index in [1.54, 1.807) is 11.1 Å². The van der Waals surface area contributed by atoms with Gasteiger partial charge in [0.25, 0.3) is 5.91 Å². The van der Waals surface area contributed by atoms with Gasteiger partial charge in [-0.3, -0.25) is 4.79 Å². The summed E-state index contributed by atoms with van der Waals surface area (Å²) in [6, 6.07) is 10.0. The number of nitriles is 1. The van der Waals surface area contributed by atoms with Crippen molar-refractivity contribution in [2.45, 2.75) is 77.5 Å². The Morgan fingerprint density at radius 3 is 2.29 bits per heavy atom. The maximum Gasteiger partial charge on any atom is 0.410 e. The standard InChI is InChI=1S/C27H35N5O3/c1-19(21-8-6-20(7-9-21)12-15-28)18-30-24(29-5)25(33)32(22-10-11-22)23-13-16-31(17-14-23)26(34)35-27(2,3)4/h6-9,18,22-23H,5,10-14,16-17H2,1-4H3/b19-18+,30-24-. The molecule has 3 rings (SSSR count). The molecule has 1 aliphatic carbocycles. The quantitative estimate of drug-likeness (QED) is 0.457. The highest BCUT2D eigenvalue weighted by molar-refractivity contribution is 6.39. The summed E-state index contributed by atoms with van der Waals surface area (Å²) in [5.74, 6) is -0.140. The van der Waals surface area contributed by atoms with Crippen LogP contribution in [0.5, 0.6) is 0 Å². The molecule has 0 spiro atoms. The van der Waals surface area contributed by atoms with Gasteiger partial charge in [0, 0.05) is 31.4 Å². The first kappa shape index (κ1) is 26.1. The molecule has 2 aliphatic rings. The lowest BCUT2D eigenvalue weighted by Crippen LogP contribution is -2.51. The number of allylic oxidation sites excluding steroid dienone is 1. The fraction of sp³-hybridized carbons (Fsp3) is 0.519. The average Bonchev–Trinajstić information content (AvgIpc) is 3.64. The van der Waals surface area contributed by atoms with Crippen LogP contribution in [0.3, 0.4) is 0 Å². The van der Waals surface area contributed by atoms with Crippen molar-refractivity contribution < 1.29 is 14.3 Å². The number of hydrogen-bond donors (Lipinski definition) is 0. The molecule has 1 aromatic carbocycles. The Hall–Kier alpha value is -3.47. The lowest BCUT2D eigenvalue weighted by atomic mass is 10.0. The van der Waals surface area contributed by atoms with Crippen LogP contribution in [0.4, 0.5) is 4.79 Å². The molecule has 0 unspecified atom stereocenters. The molecule has 1 heterocycles. The van der Waals surface area contributed by atoms with Crippen molar-refractivity contribution >= 4 is 30.1 Å². The third-order valence-electron chi connectivity index (χ3n) is 6.10. The minimum Gasteiger partial charge on any atom is -0.444 e. The summed E-state index contributed by atoms with van der Waals surface area (Å²) in [5.41, 5.74) is 2.26. The second kappa shape index (κ2) is 11.3. The van der Waals surface area contributed by atoms with Gasteiger partial charge in [0.05, 0.1) is 12.5 Å². The van der Waals surface area contributed by atoms with Crippen molar-refractivity contribution in [1.82, 2.24) is 9.80 Å². The minimum atomic E-state index is -0.532. The predicted octanol–water partition coefficient (Wildman–Crippen LogP) is 4.60. The first-order valence-electron chi connectivity index (χ1n) is 12.1. The zero-order valence-electron chi connectivity index (χ0n) is 21.2. The first-order valence-corrected chi connectivity index (χ1v) is 12.1. The Morgan fingerprint density at radius 2 is 1.77 bits per heavy atom. The molecular weight excluding hydrogens is 442 g/mol. The molecule has 0 N–H and O–H groups in total. The molecule has 8 heteroatoms. The van der Waals surface area contributed by atoms with Gasteiger partial charge in [0.2, 0.25) is 5.84 Å². The first-order chi connectivity index (χ1) is 16.6. The highest BCUT2D eigenvalue weighted by Crippen LogP contribution is 2.32. The molecule has 0 aromatic heterocycles. The van der Waals surface area contributed by atoms with E-state index < -0.39 is 5.60 Å². The normalized spacial score (nSPS) is 17.5. The van der Waals surface area contributed by atoms with Crippen molar-refractivity contribution in [2.24, 2.45) is 9.98 Å². The van der Waals surface area contributed by atoms with Crippen LogP contribution in [0.25, 0.3) is 5.57 Å². The van der Waals surface area contributed by atoms with Crippen molar-refractivity contribution in [1.29, 1.82) is 5.26 Å². The SMILES string of the molecule is C=N/C(=N\C=C(/C)c1ccc(CC#N)cc1)C(=O)N(C1CC1)C1CCN(C(=O)OC(C)(C)C)CC1. The number of amides is 2. The lowest BCUT2D eigenvalue weighted by Gasteiger charge is -2.38. The van der Waals surface area contributed by atoms with E-state index >= 15 is 0 Å². The highest BCUT2D eigenvalue weighted by Gasteiger charge is 2.40. The van der Waals surface area contributed by atoms with Crippen LogP contribution < -0.4 is 0 Å². The monoisotopic (exact) mass is 477 g/mol. The van der Waals surface area contributed by atoms with Crippen LogP contribution in [-0.2, 0) is 16.0 Å². The van der Waals surface area contributed by atoms with Gasteiger partial charge in [-0.05, 0) is 76.8 Å². The molecule has 1 saturated carbocycles. The highest BCUT2D eigenvalue weighted by atomic mass is 16.6. The van der Waals surface area contributed by atoms with Crippen molar-refractivity contribution in [2.75, 3.05) is 13.1 Å². The molecule has 0 radical (unpaired) electrons. The molecule has 8 nitrogen and oxygen atoms in total. The number of benzene rings is 1. The van der Waals surface area contributed by atoms with Crippen LogP contribution in [-0.4, -0.2) is 65.1 Å². The van der Waals surface area contributed by atoms with E-state index in [1.807, 2.05) is 56.9 Å². The third kappa shape index (κ3) is 7.25. The molecule has 1 aliphatic heterocycles. The van der Waals surface area contributed by atoms with Crippen LogP contribution in [0.2, 0.25) is 0 Å². The molecule has 0 atom stereocenters. The Morgan fingerprint density at radius 1 is 1.17 bits per heavy atom. The van der Waals surface area contributed by atoms with E-state index in [1.165, 1.54) is 0 Å². The zero-order valence-corrected chi connectivity index (χ0v) is 21.2. The average molecular weight is 478 g/mol. The summed E-state index contributed by atoms with van der Waals surface area (Å²) >= 11 is 0. The van der Waals surface area contributed by atoms with E-state index in [0.29, 0.717) is 32.4 Å². The van der Waals surface area contributed by atoms with Gasteiger partial charge in [-0.1, -0.05) is 24.3 Å². The number of carbonyl (C=O) groups excluding carboxylic acids is 2. The number of nitrogens with zero attached hydrogens (tertiary/aromatic N) is 5. The summed E-state index contributed by atoms with van der Waals surface area (Å²) in [4.78, 5) is 37.8. The number of hydrogen-bond acceptors (Lipinski definition) is 5. The van der Waals surface area contributed by atoms with Crippen molar-refractivity contribution in [3.05, 3.63) is 41.6 Å². The molecule has 1 aromatic rings. The third-order valence-corrected chi connectivity index (χ3v) is 6.10. The Bertz CT molecular complexity index is 1030. The van der Waals surface area contributed by atoms with Gasteiger partial charge >= 0.3 is 6.09 Å². The second-order valence-electron chi connectivity index (χ2n) is 10.1. The molecule has 35 heavy (non-hydrogen) atoms. The summed E-state index contributed by atoms with van der Waals surface area (Å²) < 4.78 is 5.49. The topological polar surface area (TPSA) is 98.4 Å². The van der Waals surface area contributed by atoms with Crippen LogP contribution >= 0.6 is 0 Å². The number of likely N-dealkylation sites (tertiary alicyclic amines) is 1. The number of ether oxygens (including phenoxy) is 1. The van der Waals surface area contributed by atoms with Crippen molar-refractivity contribution in [3.63, 3.8) is 0 Å². The largest absolute Gasteiger partial charge is 0.444 e. The lowest BCUT2D eigenvalue weighted by molar-refractivity contribution is -0.127. The fourth-order valence-corrected chi connectivity index (χ4v) is 4.12. The Labute approximate surface area is 208 Å². The van der Waals surface area contributed by atoms with E-state index in [2.05, 4.69) is 22.8 Å². The molecular formula is C27H35N5O3. The summed E-state index contributed by atoms with van der Waals surface area (Å²) in [7, 11) is 0. The van der Waals surface area contributed by atoms with Crippen LogP contribution in [0.15, 0.2) is 40.5 Å². The van der Waals surface area contributed by atoms with Crippen molar-refractivity contribution in [3.8, 4) is 6.07 Å². The Kier molecular flexibility index (Phi) is 8.44. The molecule has 2 fully saturated rings. The van der Waals surface area contributed by atoms with Gasteiger partial charge in [-0.15, -0.1) is 0 Å². The van der Waals surface area contributed by atoms with Gasteiger partial charge in [-0.2, -0.15) is 5.26 Å². The van der Waals surface area contributed by atoms with E-state index in [9.17, 15) is 9.59 Å². The van der Waals surface area contributed by atoms with E-state index in [-0.39, 0.29) is 29.9 Å². The zero-order chi connectivity index (χ0) is 25.6. The van der Waals surface area contributed by atoms with Crippen LogP contribution in [0.1, 0.15) is 64.5 Å². The summed E-state index contributed by atoms with van der Waals surface area (Å²) in [6.07, 6.45) is 5.01. The number of carbonyl (C=O) groups is 2. The maximum absolute atomic E-state index is 13.4. The Balaban J connectivity index is 1.68. The van der Waals surface area contributed by atoms with Crippen LogP contribution in [0, 0.1) is 11.3 Å². The predicted molar refractivity (Wildman–Crippen MR) is 137 cm³/mol. The molecule has 2 amide bonds. The number of aliphatic imine (C=N–C) groups is 2. The smallest absolute Gasteiger partial charge is 0.410 e. The molecule has 1 saturated heterocycles. The van der Waals surface area contributed by atoms with Gasteiger partial charge in [0.1, 0.15) is 5.60 Å². The minimum absolute atomic E-state index is 0.0263. The maximum atomic E-state index is 13.4. The molecule has 0 bridgehead atoms.